The molecule has 0 aromatic carbocycles. The van der Waals surface area contributed by atoms with Crippen molar-refractivity contribution in [2.24, 2.45) is 64.1 Å². The molecule has 0 aromatic rings. The minimum Gasteiger partial charge on any atom is -0.0776 e. The van der Waals surface area contributed by atoms with Gasteiger partial charge in [0, 0.05) is 0 Å². The molecule has 5 saturated carbocycles. The van der Waals surface area contributed by atoms with E-state index in [1.807, 2.05) is 41.5 Å². The van der Waals surface area contributed by atoms with Crippen LogP contribution in [0.4, 0.5) is 0 Å². The molecule has 0 N–H and O–H groups in total. The lowest BCUT2D eigenvalue weighted by molar-refractivity contribution is -0.187. The van der Waals surface area contributed by atoms with Gasteiger partial charge in [-0.2, -0.15) is 0 Å². The molecule has 54 heavy (non-hydrogen) atoms. The van der Waals surface area contributed by atoms with Crippen molar-refractivity contribution < 1.29 is 0 Å². The summed E-state index contributed by atoms with van der Waals surface area (Å²) in [6.07, 6.45) is 39.9. The molecule has 334 valence electrons. The van der Waals surface area contributed by atoms with Crippen LogP contribution in [-0.2, 0) is 0 Å². The molecule has 0 bridgehead atoms. The second kappa shape index (κ2) is 33.9. The van der Waals surface area contributed by atoms with E-state index in [1.54, 1.807) is 83.5 Å². The average Bonchev–Trinajstić information content (AvgIpc) is 3.13. The van der Waals surface area contributed by atoms with Crippen LogP contribution in [0, 0.1) is 64.1 Å². The van der Waals surface area contributed by atoms with Crippen LogP contribution in [0.15, 0.2) is 0 Å². The summed E-state index contributed by atoms with van der Waals surface area (Å²) in [5, 5.41) is 0. The second-order valence-corrected chi connectivity index (χ2v) is 18.0. The second-order valence-electron chi connectivity index (χ2n) is 18.0. The summed E-state index contributed by atoms with van der Waals surface area (Å²) in [6.45, 7) is 25.4. The number of rotatable bonds is 8. The molecule has 0 aliphatic heterocycles. The smallest absolute Gasteiger partial charge is 0.0184 e. The van der Waals surface area contributed by atoms with Crippen LogP contribution in [-0.4, -0.2) is 0 Å². The predicted octanol–water partition coefficient (Wildman–Crippen LogP) is 20.7. The number of fused-ring (bicyclic) bond motifs is 1. The molecule has 5 fully saturated rings. The first-order valence-corrected chi connectivity index (χ1v) is 23.4. The van der Waals surface area contributed by atoms with Crippen LogP contribution in [0.5, 0.6) is 0 Å². The van der Waals surface area contributed by atoms with Gasteiger partial charge in [-0.15, -0.1) is 0 Å². The SMILES string of the molecule is C.C.C.C.C.C.CC.CC.CC.CCCCC1(C2CCCCCCC(CCC)C(C)C2)C(C2CCCC(C3CCCCC3)C2)C2CCCCC2CC1(C)C. The van der Waals surface area contributed by atoms with Gasteiger partial charge < -0.3 is 0 Å². The van der Waals surface area contributed by atoms with Crippen LogP contribution in [0.1, 0.15) is 288 Å². The highest BCUT2D eigenvalue weighted by atomic mass is 14.7. The summed E-state index contributed by atoms with van der Waals surface area (Å²) in [5.74, 6) is 9.16. The van der Waals surface area contributed by atoms with E-state index in [0.717, 1.165) is 53.3 Å². The normalized spacial score (nSPS) is 33.4. The van der Waals surface area contributed by atoms with Gasteiger partial charge in [0.2, 0.25) is 0 Å². The van der Waals surface area contributed by atoms with E-state index < -0.39 is 0 Å². The third-order valence-corrected chi connectivity index (χ3v) is 15.3. The third kappa shape index (κ3) is 16.0. The highest BCUT2D eigenvalue weighted by Gasteiger charge is 2.62. The van der Waals surface area contributed by atoms with E-state index in [1.165, 1.54) is 83.5 Å². The highest BCUT2D eigenvalue weighted by Crippen LogP contribution is 2.70. The average molecular weight is 768 g/mol. The van der Waals surface area contributed by atoms with Gasteiger partial charge in [0.05, 0.1) is 0 Å². The van der Waals surface area contributed by atoms with Crippen molar-refractivity contribution in [3.05, 3.63) is 0 Å². The summed E-state index contributed by atoms with van der Waals surface area (Å²) in [7, 11) is 0. The Balaban J connectivity index is -0.000000636. The van der Waals surface area contributed by atoms with Crippen LogP contribution in [0.3, 0.4) is 0 Å². The molecule has 0 saturated heterocycles. The highest BCUT2D eigenvalue weighted by molar-refractivity contribution is 5.11. The van der Waals surface area contributed by atoms with Crippen molar-refractivity contribution in [2.45, 2.75) is 288 Å². The van der Waals surface area contributed by atoms with Crippen molar-refractivity contribution in [2.75, 3.05) is 0 Å². The zero-order chi connectivity index (χ0) is 35.6. The largest absolute Gasteiger partial charge is 0.0776 e. The van der Waals surface area contributed by atoms with E-state index in [0.29, 0.717) is 10.8 Å². The lowest BCUT2D eigenvalue weighted by Crippen LogP contribution is -2.60. The first-order valence-electron chi connectivity index (χ1n) is 23.4. The topological polar surface area (TPSA) is 0 Å². The van der Waals surface area contributed by atoms with Gasteiger partial charge in [-0.05, 0) is 103 Å². The van der Waals surface area contributed by atoms with E-state index >= 15 is 0 Å². The van der Waals surface area contributed by atoms with Gasteiger partial charge in [-0.25, -0.2) is 0 Å². The Hall–Kier alpha value is 0. The fourth-order valence-corrected chi connectivity index (χ4v) is 13.5. The fourth-order valence-electron chi connectivity index (χ4n) is 13.5. The number of hydrogen-bond donors (Lipinski definition) is 0. The first-order chi connectivity index (χ1) is 23.4. The maximum Gasteiger partial charge on any atom is -0.0184 e. The first kappa shape index (κ1) is 63.2. The van der Waals surface area contributed by atoms with Gasteiger partial charge in [0.25, 0.3) is 0 Å². The zero-order valence-corrected chi connectivity index (χ0v) is 35.6. The Bertz CT molecular complexity index is 773. The lowest BCUT2D eigenvalue weighted by Gasteiger charge is -2.67. The molecule has 9 atom stereocenters. The van der Waals surface area contributed by atoms with Gasteiger partial charge in [-0.3, -0.25) is 0 Å². The Morgan fingerprint density at radius 2 is 0.963 bits per heavy atom. The van der Waals surface area contributed by atoms with Gasteiger partial charge in [-0.1, -0.05) is 249 Å². The van der Waals surface area contributed by atoms with Crippen LogP contribution in [0.2, 0.25) is 0 Å². The van der Waals surface area contributed by atoms with E-state index in [9.17, 15) is 0 Å². The van der Waals surface area contributed by atoms with E-state index in [2.05, 4.69) is 34.6 Å². The summed E-state index contributed by atoms with van der Waals surface area (Å²) in [4.78, 5) is 0. The molecule has 0 amide bonds. The molecular weight excluding hydrogens is 649 g/mol. The quantitative estimate of drug-likeness (QED) is 0.231. The van der Waals surface area contributed by atoms with Crippen LogP contribution in [0.25, 0.3) is 0 Å². The van der Waals surface area contributed by atoms with Crippen LogP contribution >= 0.6 is 0 Å². The predicted molar refractivity (Wildman–Crippen MR) is 259 cm³/mol. The molecule has 5 aliphatic carbocycles. The number of hydrogen-bond acceptors (Lipinski definition) is 0. The molecule has 0 heteroatoms. The summed E-state index contributed by atoms with van der Waals surface area (Å²) < 4.78 is 0. The summed E-state index contributed by atoms with van der Waals surface area (Å²) in [5.41, 5.74) is 1.07. The molecule has 5 rings (SSSR count). The Morgan fingerprint density at radius 1 is 0.481 bits per heavy atom. The molecule has 9 unspecified atom stereocenters. The maximum atomic E-state index is 2.86. The Kier molecular flexibility index (Phi) is 39.7. The van der Waals surface area contributed by atoms with Gasteiger partial charge >= 0.3 is 0 Å². The summed E-state index contributed by atoms with van der Waals surface area (Å²) in [6, 6.07) is 0. The van der Waals surface area contributed by atoms with Crippen molar-refractivity contribution >= 4 is 0 Å². The van der Waals surface area contributed by atoms with E-state index in [-0.39, 0.29) is 44.6 Å². The minimum atomic E-state index is 0. The Labute approximate surface area is 350 Å². The molecule has 0 radical (unpaired) electrons. The zero-order valence-electron chi connectivity index (χ0n) is 35.6. The molecule has 0 nitrogen and oxygen atoms in total. The monoisotopic (exact) mass is 767 g/mol. The standard InChI is InChI=1S/C42H76.3C2H6.6CH4/c1-6-8-28-42(38-26-15-10-9-12-20-33(19-7-2)32(3)29-38)40(39-27-17-16-23-37(39)31-41(42,4)5)36-25-18-24-35(30-36)34-21-13-11-14-22-34;3*1-2;;;;;;/h32-40H,6-31H2,1-5H3;3*1-2H3;6*1H4. The van der Waals surface area contributed by atoms with E-state index in [4.69, 9.17) is 0 Å². The maximum absolute atomic E-state index is 2.86. The summed E-state index contributed by atoms with van der Waals surface area (Å²) >= 11 is 0. The third-order valence-electron chi connectivity index (χ3n) is 15.3. The van der Waals surface area contributed by atoms with Crippen LogP contribution < -0.4 is 0 Å². The number of unbranched alkanes of at least 4 members (excludes halogenated alkanes) is 1. The van der Waals surface area contributed by atoms with Gasteiger partial charge in [0.15, 0.2) is 0 Å². The minimum absolute atomic E-state index is 0. The molecule has 0 aromatic heterocycles. The fraction of sp³-hybridized carbons (Fsp3) is 1.00. The van der Waals surface area contributed by atoms with Crippen molar-refractivity contribution in [1.29, 1.82) is 0 Å². The molecular formula is C54H118. The van der Waals surface area contributed by atoms with Crippen molar-refractivity contribution in [3.63, 3.8) is 0 Å². The lowest BCUT2D eigenvalue weighted by atomic mass is 9.37. The molecule has 5 aliphatic rings. The van der Waals surface area contributed by atoms with Gasteiger partial charge in [0.1, 0.15) is 0 Å². The Morgan fingerprint density at radius 3 is 1.56 bits per heavy atom. The van der Waals surface area contributed by atoms with Crippen molar-refractivity contribution in [1.82, 2.24) is 0 Å². The van der Waals surface area contributed by atoms with Crippen molar-refractivity contribution in [3.8, 4) is 0 Å². The molecule has 0 spiro atoms. The molecule has 0 heterocycles.